The van der Waals surface area contributed by atoms with Crippen LogP contribution in [0.5, 0.6) is 0 Å². The number of hydrogen-bond donors (Lipinski definition) is 2. The Morgan fingerprint density at radius 3 is 1.27 bits per heavy atom. The van der Waals surface area contributed by atoms with Gasteiger partial charge < -0.3 is 38.6 Å². The van der Waals surface area contributed by atoms with Gasteiger partial charge in [0.15, 0.2) is 0 Å². The molecule has 0 aliphatic heterocycles. The van der Waals surface area contributed by atoms with E-state index >= 15 is 0 Å². The van der Waals surface area contributed by atoms with Gasteiger partial charge in [0.1, 0.15) is 0 Å². The first-order valence-electron chi connectivity index (χ1n) is 18.5. The summed E-state index contributed by atoms with van der Waals surface area (Å²) in [5.41, 5.74) is 0. The average molecular weight is 635 g/mol. The molecular weight excluding hydrogens is 560 g/mol. The van der Waals surface area contributed by atoms with E-state index in [0.717, 1.165) is 32.5 Å². The molecule has 0 aliphatic rings. The summed E-state index contributed by atoms with van der Waals surface area (Å²) in [6.45, 7) is 10.6. The predicted molar refractivity (Wildman–Crippen MR) is 181 cm³/mol. The molecule has 44 heavy (non-hydrogen) atoms. The molecule has 0 heterocycles. The second-order valence-electron chi connectivity index (χ2n) is 12.0. The topological polar surface area (TPSA) is 95.8 Å². The van der Waals surface area contributed by atoms with Crippen molar-refractivity contribution in [2.45, 2.75) is 142 Å². The summed E-state index contributed by atoms with van der Waals surface area (Å²) in [7, 11) is 0. The van der Waals surface area contributed by atoms with Gasteiger partial charge in [0, 0.05) is 13.2 Å². The average Bonchev–Trinajstić information content (AvgIpc) is 3.04. The second-order valence-corrected chi connectivity index (χ2v) is 12.0. The third-order valence-electron chi connectivity index (χ3n) is 8.05. The largest absolute Gasteiger partial charge is 0.394 e. The van der Waals surface area contributed by atoms with Crippen LogP contribution < -0.4 is 0 Å². The Hall–Kier alpha value is -0.320. The molecule has 0 radical (unpaired) electrons. The van der Waals surface area contributed by atoms with E-state index in [1.807, 2.05) is 0 Å². The van der Waals surface area contributed by atoms with Crippen molar-refractivity contribution in [3.8, 4) is 0 Å². The molecule has 8 nitrogen and oxygen atoms in total. The van der Waals surface area contributed by atoms with Crippen molar-refractivity contribution in [3.63, 3.8) is 0 Å². The summed E-state index contributed by atoms with van der Waals surface area (Å²) in [5, 5.41) is 18.8. The molecule has 0 amide bonds. The minimum atomic E-state index is -0.147. The third kappa shape index (κ3) is 33.1. The zero-order valence-corrected chi connectivity index (χ0v) is 29.1. The van der Waals surface area contributed by atoms with Crippen molar-refractivity contribution in [1.29, 1.82) is 0 Å². The van der Waals surface area contributed by atoms with Crippen LogP contribution in [-0.4, -0.2) is 102 Å². The van der Waals surface area contributed by atoms with Gasteiger partial charge in [0.05, 0.1) is 78.8 Å². The maximum Gasteiger partial charge on any atom is 0.0834 e. The molecule has 0 fully saturated rings. The molecule has 0 aromatic rings. The maximum atomic E-state index is 10.1. The van der Waals surface area contributed by atoms with Gasteiger partial charge in [-0.15, -0.1) is 0 Å². The molecule has 266 valence electrons. The van der Waals surface area contributed by atoms with Gasteiger partial charge >= 0.3 is 0 Å². The molecule has 0 aliphatic carbocycles. The molecule has 0 rings (SSSR count). The minimum Gasteiger partial charge on any atom is -0.394 e. The minimum absolute atomic E-state index is 0.0313. The van der Waals surface area contributed by atoms with E-state index in [0.29, 0.717) is 65.4 Å². The highest BCUT2D eigenvalue weighted by Crippen LogP contribution is 2.23. The van der Waals surface area contributed by atoms with Gasteiger partial charge in [-0.2, -0.15) is 0 Å². The van der Waals surface area contributed by atoms with Crippen LogP contribution >= 0.6 is 0 Å². The third-order valence-corrected chi connectivity index (χ3v) is 8.05. The summed E-state index contributed by atoms with van der Waals surface area (Å²) in [4.78, 5) is 0. The van der Waals surface area contributed by atoms with Crippen molar-refractivity contribution in [1.82, 2.24) is 0 Å². The van der Waals surface area contributed by atoms with Crippen molar-refractivity contribution >= 4 is 0 Å². The Labute approximate surface area is 272 Å². The molecule has 2 N–H and O–H groups in total. The van der Waals surface area contributed by atoms with Gasteiger partial charge in [0.25, 0.3) is 0 Å². The van der Waals surface area contributed by atoms with Gasteiger partial charge in [-0.1, -0.05) is 110 Å². The Bertz CT molecular complexity index is 511. The van der Waals surface area contributed by atoms with Gasteiger partial charge in [0.2, 0.25) is 0 Å². The van der Waals surface area contributed by atoms with Crippen LogP contribution in [0.15, 0.2) is 0 Å². The Morgan fingerprint density at radius 2 is 0.773 bits per heavy atom. The normalized spacial score (nSPS) is 13.1. The standard InChI is InChI=1S/C36H74O8/c1-3-5-7-9-11-12-13-14-16-18-23-39-24-19-21-35(20-17-15-10-8-6-4-2)36(34-38)44-33-32-43-31-30-42-29-28-41-27-26-40-25-22-37/h35-38H,3-34H2,1-2H3. The van der Waals surface area contributed by atoms with Gasteiger partial charge in [-0.05, 0) is 31.6 Å². The lowest BCUT2D eigenvalue weighted by Gasteiger charge is -2.26. The number of ether oxygens (including phenoxy) is 6. The first kappa shape index (κ1) is 43.7. The molecule has 0 saturated heterocycles. The SMILES string of the molecule is CCCCCCCCCCCCOCCCC(CCCCCCCC)C(CO)OCCOCCOCCOCCOCCO. The first-order chi connectivity index (χ1) is 21.8. The quantitative estimate of drug-likeness (QED) is 0.0671. The summed E-state index contributed by atoms with van der Waals surface area (Å²) in [6.07, 6.45) is 24.1. The Morgan fingerprint density at radius 1 is 0.386 bits per heavy atom. The van der Waals surface area contributed by atoms with Crippen LogP contribution in [-0.2, 0) is 28.4 Å². The highest BCUT2D eigenvalue weighted by atomic mass is 16.6. The van der Waals surface area contributed by atoms with Gasteiger partial charge in [-0.3, -0.25) is 0 Å². The smallest absolute Gasteiger partial charge is 0.0834 e. The van der Waals surface area contributed by atoms with Crippen LogP contribution in [0, 0.1) is 5.92 Å². The fourth-order valence-corrected chi connectivity index (χ4v) is 5.37. The van der Waals surface area contributed by atoms with Gasteiger partial charge in [-0.25, -0.2) is 0 Å². The number of aliphatic hydroxyl groups is 2. The molecule has 0 spiro atoms. The Kier molecular flexibility index (Phi) is 38.6. The number of rotatable bonds is 39. The molecule has 2 unspecified atom stereocenters. The fourth-order valence-electron chi connectivity index (χ4n) is 5.37. The lowest BCUT2D eigenvalue weighted by molar-refractivity contribution is -0.0581. The highest BCUT2D eigenvalue weighted by molar-refractivity contribution is 4.71. The van der Waals surface area contributed by atoms with E-state index in [4.69, 9.17) is 33.5 Å². The first-order valence-corrected chi connectivity index (χ1v) is 18.5. The van der Waals surface area contributed by atoms with E-state index < -0.39 is 0 Å². The van der Waals surface area contributed by atoms with Crippen LogP contribution in [0.2, 0.25) is 0 Å². The molecular formula is C36H74O8. The van der Waals surface area contributed by atoms with E-state index in [1.54, 1.807) is 0 Å². The van der Waals surface area contributed by atoms with Crippen molar-refractivity contribution in [3.05, 3.63) is 0 Å². The summed E-state index contributed by atoms with van der Waals surface area (Å²) in [6, 6.07) is 0. The fraction of sp³-hybridized carbons (Fsp3) is 1.00. The van der Waals surface area contributed by atoms with Crippen LogP contribution in [0.3, 0.4) is 0 Å². The molecule has 2 atom stereocenters. The van der Waals surface area contributed by atoms with E-state index in [9.17, 15) is 5.11 Å². The second kappa shape index (κ2) is 38.9. The lowest BCUT2D eigenvalue weighted by Crippen LogP contribution is -2.30. The monoisotopic (exact) mass is 635 g/mol. The van der Waals surface area contributed by atoms with Crippen LogP contribution in [0.4, 0.5) is 0 Å². The maximum absolute atomic E-state index is 10.1. The Balaban J connectivity index is 4.02. The highest BCUT2D eigenvalue weighted by Gasteiger charge is 2.21. The van der Waals surface area contributed by atoms with Crippen LogP contribution in [0.1, 0.15) is 136 Å². The van der Waals surface area contributed by atoms with Crippen LogP contribution in [0.25, 0.3) is 0 Å². The zero-order valence-electron chi connectivity index (χ0n) is 29.1. The van der Waals surface area contributed by atoms with E-state index in [2.05, 4.69) is 13.8 Å². The molecule has 0 saturated carbocycles. The van der Waals surface area contributed by atoms with Crippen molar-refractivity contribution in [2.24, 2.45) is 5.92 Å². The molecule has 0 bridgehead atoms. The molecule has 0 aromatic carbocycles. The van der Waals surface area contributed by atoms with E-state index in [1.165, 1.54) is 103 Å². The lowest BCUT2D eigenvalue weighted by atomic mass is 9.91. The summed E-state index contributed by atoms with van der Waals surface area (Å²) >= 11 is 0. The predicted octanol–water partition coefficient (Wildman–Crippen LogP) is 7.51. The molecule has 0 aromatic heterocycles. The summed E-state index contributed by atoms with van der Waals surface area (Å²) < 4.78 is 33.8. The van der Waals surface area contributed by atoms with E-state index in [-0.39, 0.29) is 19.3 Å². The zero-order chi connectivity index (χ0) is 32.0. The molecule has 8 heteroatoms. The summed E-state index contributed by atoms with van der Waals surface area (Å²) in [5.74, 6) is 0.351. The number of hydrogen-bond acceptors (Lipinski definition) is 8. The van der Waals surface area contributed by atoms with Crippen molar-refractivity contribution in [2.75, 3.05) is 85.9 Å². The number of unbranched alkanes of at least 4 members (excludes halogenated alkanes) is 14. The number of aliphatic hydroxyl groups excluding tert-OH is 2. The van der Waals surface area contributed by atoms with Crippen molar-refractivity contribution < 1.29 is 38.6 Å².